The maximum Gasteiger partial charge on any atom is 0.221 e. The van der Waals surface area contributed by atoms with Crippen molar-refractivity contribution in [2.24, 2.45) is 17.4 Å². The van der Waals surface area contributed by atoms with Crippen molar-refractivity contribution in [2.45, 2.75) is 13.0 Å². The number of primary amides is 1. The number of nitrogens with zero attached hydrogens (tertiary/aromatic N) is 1. The lowest BCUT2D eigenvalue weighted by Gasteiger charge is -2.14. The van der Waals surface area contributed by atoms with Crippen LogP contribution in [0.2, 0.25) is 0 Å². The second-order valence-corrected chi connectivity index (χ2v) is 5.39. The number of likely N-dealkylation sites (tertiary alicyclic amines) is 1. The number of amides is 1. The average molecular weight is 263 g/mol. The maximum absolute atomic E-state index is 11.1. The molecular weight excluding hydrogens is 246 g/mol. The summed E-state index contributed by atoms with van der Waals surface area (Å²) < 4.78 is 0. The molecule has 2 heterocycles. The molecule has 1 aliphatic heterocycles. The van der Waals surface area contributed by atoms with E-state index in [4.69, 9.17) is 11.5 Å². The largest absolute Gasteiger partial charge is 0.369 e. The Balaban J connectivity index is 1.98. The molecule has 5 heteroatoms. The third kappa shape index (κ3) is 3.10. The fourth-order valence-corrected chi connectivity index (χ4v) is 3.00. The van der Waals surface area contributed by atoms with Crippen LogP contribution < -0.4 is 11.5 Å². The normalized spacial score (nSPS) is 19.5. The summed E-state index contributed by atoms with van der Waals surface area (Å²) in [5.41, 5.74) is 11.8. The highest BCUT2D eigenvalue weighted by atomic mass is 32.1. The molecule has 0 saturated carbocycles. The van der Waals surface area contributed by atoms with Gasteiger partial charge in [-0.05, 0) is 24.4 Å². The Bertz CT molecular complexity index is 486. The first-order chi connectivity index (χ1) is 8.70. The second-order valence-electron chi connectivity index (χ2n) is 4.39. The van der Waals surface area contributed by atoms with E-state index in [1.165, 1.54) is 4.88 Å². The smallest absolute Gasteiger partial charge is 0.221 e. The summed E-state index contributed by atoms with van der Waals surface area (Å²) in [6.07, 6.45) is 0.866. The summed E-state index contributed by atoms with van der Waals surface area (Å²) in [5.74, 6) is 5.77. The van der Waals surface area contributed by atoms with Crippen LogP contribution in [0.1, 0.15) is 16.9 Å². The Labute approximate surface area is 111 Å². The van der Waals surface area contributed by atoms with Gasteiger partial charge in [0.25, 0.3) is 0 Å². The Kier molecular flexibility index (Phi) is 4.37. The molecule has 18 heavy (non-hydrogen) atoms. The van der Waals surface area contributed by atoms with Gasteiger partial charge in [0.2, 0.25) is 5.91 Å². The number of carbonyl (C=O) groups excluding carboxylic acids is 1. The van der Waals surface area contributed by atoms with Gasteiger partial charge in [-0.15, -0.1) is 11.3 Å². The van der Waals surface area contributed by atoms with Crippen molar-refractivity contribution < 1.29 is 4.79 Å². The molecule has 0 aromatic carbocycles. The van der Waals surface area contributed by atoms with E-state index in [2.05, 4.69) is 16.7 Å². The number of thiophene rings is 1. The monoisotopic (exact) mass is 263 g/mol. The van der Waals surface area contributed by atoms with Crippen LogP contribution in [0.25, 0.3) is 0 Å². The zero-order chi connectivity index (χ0) is 13.0. The first-order valence-corrected chi connectivity index (χ1v) is 6.85. The van der Waals surface area contributed by atoms with E-state index >= 15 is 0 Å². The van der Waals surface area contributed by atoms with Crippen molar-refractivity contribution in [3.05, 3.63) is 21.9 Å². The van der Waals surface area contributed by atoms with Crippen LogP contribution in [0.4, 0.5) is 0 Å². The maximum atomic E-state index is 11.1. The SMILES string of the molecule is NCC#Cc1ccsc1CN1CCC(C(N)=O)C1. The average Bonchev–Trinajstić information content (AvgIpc) is 2.96. The van der Waals surface area contributed by atoms with Crippen molar-refractivity contribution in [2.75, 3.05) is 19.6 Å². The Morgan fingerprint density at radius 3 is 3.11 bits per heavy atom. The molecule has 0 radical (unpaired) electrons. The minimum absolute atomic E-state index is 0.00328. The van der Waals surface area contributed by atoms with Crippen LogP contribution in [-0.4, -0.2) is 30.4 Å². The first kappa shape index (κ1) is 13.1. The fraction of sp³-hybridized carbons (Fsp3) is 0.462. The second kappa shape index (κ2) is 6.01. The molecule has 1 fully saturated rings. The van der Waals surface area contributed by atoms with Gasteiger partial charge in [-0.2, -0.15) is 0 Å². The lowest BCUT2D eigenvalue weighted by Crippen LogP contribution is -2.27. The molecular formula is C13H17N3OS. The lowest BCUT2D eigenvalue weighted by atomic mass is 10.1. The molecule has 1 saturated heterocycles. The van der Waals surface area contributed by atoms with Crippen molar-refractivity contribution in [1.82, 2.24) is 4.90 Å². The zero-order valence-electron chi connectivity index (χ0n) is 10.2. The number of nitrogens with two attached hydrogens (primary N) is 2. The van der Waals surface area contributed by atoms with Crippen LogP contribution in [0, 0.1) is 17.8 Å². The minimum atomic E-state index is -0.188. The van der Waals surface area contributed by atoms with Gasteiger partial charge in [-0.25, -0.2) is 0 Å². The van der Waals surface area contributed by atoms with E-state index in [0.29, 0.717) is 6.54 Å². The van der Waals surface area contributed by atoms with Gasteiger partial charge in [0.05, 0.1) is 12.5 Å². The van der Waals surface area contributed by atoms with Crippen molar-refractivity contribution in [3.63, 3.8) is 0 Å². The van der Waals surface area contributed by atoms with E-state index in [1.54, 1.807) is 11.3 Å². The first-order valence-electron chi connectivity index (χ1n) is 5.97. The Morgan fingerprint density at radius 1 is 1.61 bits per heavy atom. The molecule has 0 bridgehead atoms. The van der Waals surface area contributed by atoms with Crippen LogP contribution in [0.15, 0.2) is 11.4 Å². The van der Waals surface area contributed by atoms with Crippen LogP contribution in [0.5, 0.6) is 0 Å². The standard InChI is InChI=1S/C13H17N3OS/c14-5-1-2-10-4-7-18-12(10)9-16-6-3-11(8-16)13(15)17/h4,7,11H,3,5-6,8-9,14H2,(H2,15,17). The number of carbonyl (C=O) groups is 1. The van der Waals surface area contributed by atoms with Gasteiger partial charge in [-0.1, -0.05) is 11.8 Å². The summed E-state index contributed by atoms with van der Waals surface area (Å²) in [5, 5.41) is 2.04. The highest BCUT2D eigenvalue weighted by Gasteiger charge is 2.26. The van der Waals surface area contributed by atoms with Crippen LogP contribution >= 0.6 is 11.3 Å². The molecule has 1 aromatic rings. The molecule has 4 N–H and O–H groups in total. The van der Waals surface area contributed by atoms with Gasteiger partial charge in [0, 0.05) is 23.5 Å². The van der Waals surface area contributed by atoms with E-state index in [-0.39, 0.29) is 11.8 Å². The van der Waals surface area contributed by atoms with Gasteiger partial charge in [0.1, 0.15) is 0 Å². The van der Waals surface area contributed by atoms with E-state index < -0.39 is 0 Å². The van der Waals surface area contributed by atoms with Gasteiger partial charge >= 0.3 is 0 Å². The summed E-state index contributed by atoms with van der Waals surface area (Å²) in [6.45, 7) is 2.91. The third-order valence-electron chi connectivity index (χ3n) is 3.11. The van der Waals surface area contributed by atoms with Gasteiger partial charge in [0.15, 0.2) is 0 Å². The molecule has 1 aromatic heterocycles. The quantitative estimate of drug-likeness (QED) is 0.774. The van der Waals surface area contributed by atoms with Crippen molar-refractivity contribution in [1.29, 1.82) is 0 Å². The van der Waals surface area contributed by atoms with Crippen LogP contribution in [0.3, 0.4) is 0 Å². The highest BCUT2D eigenvalue weighted by Crippen LogP contribution is 2.23. The number of hydrogen-bond donors (Lipinski definition) is 2. The zero-order valence-corrected chi connectivity index (χ0v) is 11.0. The topological polar surface area (TPSA) is 72.3 Å². The predicted octanol–water partition coefficient (Wildman–Crippen LogP) is 0.366. The highest BCUT2D eigenvalue weighted by molar-refractivity contribution is 7.10. The molecule has 4 nitrogen and oxygen atoms in total. The summed E-state index contributed by atoms with van der Waals surface area (Å²) >= 11 is 1.70. The third-order valence-corrected chi connectivity index (χ3v) is 4.02. The summed E-state index contributed by atoms with van der Waals surface area (Å²) in [6, 6.07) is 2.02. The molecule has 1 atom stereocenters. The molecule has 2 rings (SSSR count). The van der Waals surface area contributed by atoms with Gasteiger partial charge < -0.3 is 11.5 Å². The molecule has 0 aliphatic carbocycles. The summed E-state index contributed by atoms with van der Waals surface area (Å²) in [4.78, 5) is 14.6. The minimum Gasteiger partial charge on any atom is -0.369 e. The van der Waals surface area contributed by atoms with E-state index in [9.17, 15) is 4.79 Å². The number of hydrogen-bond acceptors (Lipinski definition) is 4. The fourth-order valence-electron chi connectivity index (χ4n) is 2.13. The Hall–Kier alpha value is -1.35. The molecule has 1 amide bonds. The van der Waals surface area contributed by atoms with E-state index in [1.807, 2.05) is 11.4 Å². The summed E-state index contributed by atoms with van der Waals surface area (Å²) in [7, 11) is 0. The predicted molar refractivity (Wildman–Crippen MR) is 72.8 cm³/mol. The molecule has 0 spiro atoms. The van der Waals surface area contributed by atoms with Crippen molar-refractivity contribution >= 4 is 17.2 Å². The number of rotatable bonds is 3. The molecule has 96 valence electrons. The molecule has 1 aliphatic rings. The van der Waals surface area contributed by atoms with Crippen molar-refractivity contribution in [3.8, 4) is 11.8 Å². The Morgan fingerprint density at radius 2 is 2.44 bits per heavy atom. The molecule has 1 unspecified atom stereocenters. The van der Waals surface area contributed by atoms with Crippen LogP contribution in [-0.2, 0) is 11.3 Å². The van der Waals surface area contributed by atoms with Gasteiger partial charge in [-0.3, -0.25) is 9.69 Å². The lowest BCUT2D eigenvalue weighted by molar-refractivity contribution is -0.121. The van der Waals surface area contributed by atoms with E-state index in [0.717, 1.165) is 31.6 Å².